The first kappa shape index (κ1) is 19.8. The number of Topliss-reactive ketones (excluding diaryl/α,β-unsaturated/α-hetero) is 1. The summed E-state index contributed by atoms with van der Waals surface area (Å²) in [5, 5.41) is 2.19. The molecule has 2 fully saturated rings. The lowest BCUT2D eigenvalue weighted by molar-refractivity contribution is -0.152. The van der Waals surface area contributed by atoms with E-state index in [4.69, 9.17) is 17.2 Å². The highest BCUT2D eigenvalue weighted by atomic mass is 32.1. The average molecular weight is 417 g/mol. The number of nitrogens with zero attached hydrogens (tertiary/aromatic N) is 1. The molecule has 29 heavy (non-hydrogen) atoms. The summed E-state index contributed by atoms with van der Waals surface area (Å²) in [6, 6.07) is 0. The van der Waals surface area contributed by atoms with Crippen molar-refractivity contribution in [3.63, 3.8) is 0 Å². The Balaban J connectivity index is 1.89. The number of allylic oxidation sites excluding steroid dienone is 2. The molecule has 0 saturated heterocycles. The van der Waals surface area contributed by atoms with Crippen LogP contribution in [0.4, 0.5) is 0 Å². The minimum Gasteiger partial charge on any atom is -0.370 e. The predicted octanol–water partition coefficient (Wildman–Crippen LogP) is 0.693. The summed E-state index contributed by atoms with van der Waals surface area (Å²) >= 11 is 1.26. The lowest BCUT2D eigenvalue weighted by Crippen LogP contribution is -2.60. The van der Waals surface area contributed by atoms with E-state index < -0.39 is 28.6 Å². The monoisotopic (exact) mass is 416 g/mol. The molecule has 4 atom stereocenters. The standard InChI is InChI=1S/C20H24N4O4S/c1-10(25)11-9-29-15(24-11)8-20(17(23)28)13-3-2-12(18(13)6-7-18)19(20,16(22)27)5-4-14(21)26/h2-3,9,12-13H,4-8H2,1H3,(H2,21,26)(H2,22,27)(H2,23,28)/t12-,13+,19+,20+/m1/s1. The van der Waals surface area contributed by atoms with E-state index in [2.05, 4.69) is 4.98 Å². The Morgan fingerprint density at radius 2 is 1.66 bits per heavy atom. The molecule has 1 aromatic rings. The Morgan fingerprint density at radius 3 is 2.10 bits per heavy atom. The molecule has 6 N–H and O–H groups in total. The molecule has 1 heterocycles. The molecule has 1 spiro atoms. The zero-order chi connectivity index (χ0) is 21.2. The molecule has 2 saturated carbocycles. The summed E-state index contributed by atoms with van der Waals surface area (Å²) in [6.07, 6.45) is 5.79. The van der Waals surface area contributed by atoms with E-state index in [9.17, 15) is 19.2 Å². The van der Waals surface area contributed by atoms with Crippen LogP contribution in [0.25, 0.3) is 0 Å². The van der Waals surface area contributed by atoms with Crippen LogP contribution in [-0.2, 0) is 20.8 Å². The minimum absolute atomic E-state index is 0.0678. The van der Waals surface area contributed by atoms with Crippen LogP contribution in [0.2, 0.25) is 0 Å². The average Bonchev–Trinajstić information content (AvgIpc) is 3.05. The number of nitrogens with two attached hydrogens (primary N) is 3. The SMILES string of the molecule is CC(=O)c1csc(C[C@@]2(C(N)=O)[C@H]3C=C[C@H](C34CC4)[C@@]2(CCC(N)=O)C(N)=O)n1. The Hall–Kier alpha value is -2.55. The molecule has 3 aliphatic carbocycles. The molecule has 4 rings (SSSR count). The molecule has 0 radical (unpaired) electrons. The number of hydrogen-bond donors (Lipinski definition) is 3. The molecule has 0 unspecified atom stereocenters. The predicted molar refractivity (Wildman–Crippen MR) is 105 cm³/mol. The van der Waals surface area contributed by atoms with Gasteiger partial charge in [0.25, 0.3) is 0 Å². The number of ketones is 1. The van der Waals surface area contributed by atoms with Crippen molar-refractivity contribution in [1.29, 1.82) is 0 Å². The lowest BCUT2D eigenvalue weighted by atomic mass is 9.53. The molecular formula is C20H24N4O4S. The second-order valence-corrected chi connectivity index (χ2v) is 9.51. The van der Waals surface area contributed by atoms with E-state index in [0.29, 0.717) is 10.7 Å². The first-order valence-corrected chi connectivity index (χ1v) is 10.5. The van der Waals surface area contributed by atoms with Gasteiger partial charge in [-0.15, -0.1) is 11.3 Å². The van der Waals surface area contributed by atoms with Crippen LogP contribution in [-0.4, -0.2) is 28.5 Å². The fourth-order valence-corrected chi connectivity index (χ4v) is 7.07. The quantitative estimate of drug-likeness (QED) is 0.419. The fourth-order valence-electron chi connectivity index (χ4n) is 6.15. The van der Waals surface area contributed by atoms with Gasteiger partial charge in [-0.25, -0.2) is 4.98 Å². The first-order chi connectivity index (χ1) is 13.6. The largest absolute Gasteiger partial charge is 0.370 e. The maximum atomic E-state index is 13.1. The van der Waals surface area contributed by atoms with Crippen molar-refractivity contribution in [3.8, 4) is 0 Å². The number of carbonyl (C=O) groups excluding carboxylic acids is 4. The third-order valence-corrected chi connectivity index (χ3v) is 8.26. The van der Waals surface area contributed by atoms with E-state index in [1.807, 2.05) is 12.2 Å². The van der Waals surface area contributed by atoms with Crippen molar-refractivity contribution in [2.45, 2.75) is 39.0 Å². The second kappa shape index (κ2) is 6.22. The van der Waals surface area contributed by atoms with Gasteiger partial charge in [0, 0.05) is 25.1 Å². The zero-order valence-electron chi connectivity index (χ0n) is 16.1. The highest BCUT2D eigenvalue weighted by Gasteiger charge is 2.82. The number of rotatable bonds is 8. The Labute approximate surface area is 171 Å². The van der Waals surface area contributed by atoms with Gasteiger partial charge in [0.2, 0.25) is 17.7 Å². The summed E-state index contributed by atoms with van der Waals surface area (Å²) in [5.74, 6) is -2.53. The molecule has 8 nitrogen and oxygen atoms in total. The maximum Gasteiger partial charge on any atom is 0.225 e. The van der Waals surface area contributed by atoms with Gasteiger partial charge in [-0.3, -0.25) is 19.2 Å². The van der Waals surface area contributed by atoms with E-state index in [1.165, 1.54) is 18.3 Å². The number of primary amides is 3. The van der Waals surface area contributed by atoms with E-state index in [0.717, 1.165) is 12.8 Å². The molecule has 1 aromatic heterocycles. The van der Waals surface area contributed by atoms with E-state index in [-0.39, 0.29) is 42.3 Å². The van der Waals surface area contributed by atoms with Crippen molar-refractivity contribution in [2.75, 3.05) is 0 Å². The van der Waals surface area contributed by atoms with Gasteiger partial charge in [0.15, 0.2) is 5.78 Å². The summed E-state index contributed by atoms with van der Waals surface area (Å²) < 4.78 is 0. The molecule has 3 amide bonds. The number of amides is 3. The number of thiazole rings is 1. The third-order valence-electron chi connectivity index (χ3n) is 7.41. The Morgan fingerprint density at radius 1 is 1.07 bits per heavy atom. The lowest BCUT2D eigenvalue weighted by Gasteiger charge is -2.47. The van der Waals surface area contributed by atoms with Crippen LogP contribution in [0.5, 0.6) is 0 Å². The maximum absolute atomic E-state index is 13.1. The van der Waals surface area contributed by atoms with Crippen molar-refractivity contribution in [1.82, 2.24) is 4.98 Å². The second-order valence-electron chi connectivity index (χ2n) is 8.57. The number of aromatic nitrogens is 1. The van der Waals surface area contributed by atoms with Crippen molar-refractivity contribution >= 4 is 34.8 Å². The van der Waals surface area contributed by atoms with Crippen LogP contribution < -0.4 is 17.2 Å². The summed E-state index contributed by atoms with van der Waals surface area (Å²) in [7, 11) is 0. The Bertz CT molecular complexity index is 965. The molecular weight excluding hydrogens is 392 g/mol. The van der Waals surface area contributed by atoms with Crippen molar-refractivity contribution in [2.24, 2.45) is 45.3 Å². The van der Waals surface area contributed by atoms with Crippen molar-refractivity contribution < 1.29 is 19.2 Å². The number of hydrogen-bond acceptors (Lipinski definition) is 6. The van der Waals surface area contributed by atoms with Crippen LogP contribution in [0.3, 0.4) is 0 Å². The van der Waals surface area contributed by atoms with Crippen molar-refractivity contribution in [3.05, 3.63) is 28.2 Å². The summed E-state index contributed by atoms with van der Waals surface area (Å²) in [5.41, 5.74) is 14.8. The molecule has 2 bridgehead atoms. The van der Waals surface area contributed by atoms with Gasteiger partial charge in [0.1, 0.15) is 5.69 Å². The number of carbonyl (C=O) groups is 4. The Kier molecular flexibility index (Phi) is 4.24. The smallest absolute Gasteiger partial charge is 0.225 e. The first-order valence-electron chi connectivity index (χ1n) is 9.63. The van der Waals surface area contributed by atoms with Crippen LogP contribution in [0.1, 0.15) is 48.1 Å². The van der Waals surface area contributed by atoms with Crippen LogP contribution in [0, 0.1) is 28.1 Å². The van der Waals surface area contributed by atoms with Gasteiger partial charge >= 0.3 is 0 Å². The molecule has 0 aromatic carbocycles. The minimum atomic E-state index is -1.31. The topological polar surface area (TPSA) is 159 Å². The van der Waals surface area contributed by atoms with Crippen LogP contribution in [0.15, 0.2) is 17.5 Å². The van der Waals surface area contributed by atoms with Gasteiger partial charge in [-0.2, -0.15) is 0 Å². The van der Waals surface area contributed by atoms with Gasteiger partial charge in [-0.05, 0) is 36.5 Å². The van der Waals surface area contributed by atoms with Gasteiger partial charge in [0.05, 0.1) is 15.8 Å². The van der Waals surface area contributed by atoms with E-state index >= 15 is 0 Å². The molecule has 9 heteroatoms. The molecule has 0 aliphatic heterocycles. The summed E-state index contributed by atoms with van der Waals surface area (Å²) in [6.45, 7) is 1.42. The highest BCUT2D eigenvalue weighted by Crippen LogP contribution is 2.81. The highest BCUT2D eigenvalue weighted by molar-refractivity contribution is 7.09. The fraction of sp³-hybridized carbons (Fsp3) is 0.550. The van der Waals surface area contributed by atoms with Gasteiger partial charge < -0.3 is 17.2 Å². The zero-order valence-corrected chi connectivity index (χ0v) is 17.0. The molecule has 3 aliphatic rings. The van der Waals surface area contributed by atoms with Gasteiger partial charge in [-0.1, -0.05) is 12.2 Å². The summed E-state index contributed by atoms with van der Waals surface area (Å²) in [4.78, 5) is 53.8. The van der Waals surface area contributed by atoms with E-state index in [1.54, 1.807) is 5.38 Å². The normalized spacial score (nSPS) is 33.1. The third kappa shape index (κ3) is 2.39. The molecule has 154 valence electrons. The van der Waals surface area contributed by atoms with Crippen LogP contribution >= 0.6 is 11.3 Å².